The molecule has 3 amide bonds. The second kappa shape index (κ2) is 9.45. The number of nitrogens with one attached hydrogen (secondary N) is 2. The molecule has 1 fully saturated rings. The lowest BCUT2D eigenvalue weighted by atomic mass is 10.2. The van der Waals surface area contributed by atoms with Crippen molar-refractivity contribution in [2.24, 2.45) is 0 Å². The molecule has 8 heteroatoms. The minimum absolute atomic E-state index is 0.132. The van der Waals surface area contributed by atoms with Gasteiger partial charge < -0.3 is 19.5 Å². The van der Waals surface area contributed by atoms with Crippen LogP contribution in [-0.4, -0.2) is 44.3 Å². The molecule has 2 N–H and O–H groups in total. The van der Waals surface area contributed by atoms with Gasteiger partial charge in [-0.1, -0.05) is 18.2 Å². The van der Waals surface area contributed by atoms with Crippen LogP contribution in [0.5, 0.6) is 11.5 Å². The number of allylic oxidation sites excluding steroid dienone is 1. The number of methoxy groups -OCH3 is 1. The standard InChI is InChI=1S/C18H22N2O6/c1-3-4-12-5-8-14(15(9-12)24-2)25-11-17(22)26-10-16(21)20-18(23)19-13-6-7-13/h3-5,8-9,13H,6-7,10-11H2,1-2H3,(H2,19,20,21,23)/b4-3+. The fourth-order valence-corrected chi connectivity index (χ4v) is 2.04. The second-order valence-corrected chi connectivity index (χ2v) is 5.66. The number of hydrogen-bond donors (Lipinski definition) is 2. The molecule has 0 bridgehead atoms. The maximum absolute atomic E-state index is 11.7. The first kappa shape index (κ1) is 19.3. The predicted octanol–water partition coefficient (Wildman–Crippen LogP) is 1.64. The number of esters is 1. The highest BCUT2D eigenvalue weighted by Crippen LogP contribution is 2.28. The fourth-order valence-electron chi connectivity index (χ4n) is 2.04. The van der Waals surface area contributed by atoms with Gasteiger partial charge in [0.25, 0.3) is 5.91 Å². The fraction of sp³-hybridized carbons (Fsp3) is 0.389. The van der Waals surface area contributed by atoms with Crippen LogP contribution in [0.4, 0.5) is 4.79 Å². The van der Waals surface area contributed by atoms with E-state index >= 15 is 0 Å². The Kier molecular flexibility index (Phi) is 7.02. The van der Waals surface area contributed by atoms with E-state index in [1.807, 2.05) is 25.1 Å². The van der Waals surface area contributed by atoms with Crippen LogP contribution in [0.1, 0.15) is 25.3 Å². The lowest BCUT2D eigenvalue weighted by Gasteiger charge is -2.11. The summed E-state index contributed by atoms with van der Waals surface area (Å²) in [4.78, 5) is 34.6. The molecule has 1 aromatic rings. The highest BCUT2D eigenvalue weighted by molar-refractivity contribution is 5.95. The van der Waals surface area contributed by atoms with Gasteiger partial charge in [-0.05, 0) is 37.5 Å². The Bertz CT molecular complexity index is 697. The molecule has 140 valence electrons. The monoisotopic (exact) mass is 362 g/mol. The molecule has 0 spiro atoms. The van der Waals surface area contributed by atoms with Crippen LogP contribution in [0.25, 0.3) is 6.08 Å². The van der Waals surface area contributed by atoms with Gasteiger partial charge >= 0.3 is 12.0 Å². The maximum Gasteiger partial charge on any atom is 0.344 e. The average molecular weight is 362 g/mol. The molecule has 0 saturated heterocycles. The molecule has 0 heterocycles. The maximum atomic E-state index is 11.7. The molecular formula is C18H22N2O6. The number of carbonyl (C=O) groups is 3. The third-order valence-electron chi connectivity index (χ3n) is 3.42. The number of amides is 3. The molecular weight excluding hydrogens is 340 g/mol. The summed E-state index contributed by atoms with van der Waals surface area (Å²) in [7, 11) is 1.50. The number of ether oxygens (including phenoxy) is 3. The largest absolute Gasteiger partial charge is 0.493 e. The molecule has 1 aromatic carbocycles. The van der Waals surface area contributed by atoms with Gasteiger partial charge in [-0.15, -0.1) is 0 Å². The van der Waals surface area contributed by atoms with Crippen molar-refractivity contribution in [3.05, 3.63) is 29.8 Å². The van der Waals surface area contributed by atoms with Crippen LogP contribution in [0, 0.1) is 0 Å². The van der Waals surface area contributed by atoms with Crippen molar-refractivity contribution in [2.75, 3.05) is 20.3 Å². The minimum atomic E-state index is -0.734. The van der Waals surface area contributed by atoms with Gasteiger partial charge in [0, 0.05) is 6.04 Å². The topological polar surface area (TPSA) is 103 Å². The van der Waals surface area contributed by atoms with Crippen molar-refractivity contribution >= 4 is 24.0 Å². The SMILES string of the molecule is C/C=C/c1ccc(OCC(=O)OCC(=O)NC(=O)NC2CC2)c(OC)c1. The van der Waals surface area contributed by atoms with Crippen molar-refractivity contribution in [2.45, 2.75) is 25.8 Å². The summed E-state index contributed by atoms with van der Waals surface area (Å²) in [5.41, 5.74) is 0.931. The Balaban J connectivity index is 1.73. The lowest BCUT2D eigenvalue weighted by Crippen LogP contribution is -2.42. The summed E-state index contributed by atoms with van der Waals surface area (Å²) in [6.07, 6.45) is 5.61. The van der Waals surface area contributed by atoms with E-state index in [2.05, 4.69) is 10.6 Å². The molecule has 0 radical (unpaired) electrons. The predicted molar refractivity (Wildman–Crippen MR) is 93.9 cm³/mol. The van der Waals surface area contributed by atoms with Crippen molar-refractivity contribution < 1.29 is 28.6 Å². The van der Waals surface area contributed by atoms with E-state index in [0.717, 1.165) is 18.4 Å². The quantitative estimate of drug-likeness (QED) is 0.682. The Labute approximate surface area is 151 Å². The van der Waals surface area contributed by atoms with Crippen LogP contribution in [0.15, 0.2) is 24.3 Å². The Morgan fingerprint density at radius 3 is 2.62 bits per heavy atom. The van der Waals surface area contributed by atoms with Crippen LogP contribution in [-0.2, 0) is 14.3 Å². The Hall–Kier alpha value is -3.03. The molecule has 1 aliphatic carbocycles. The van der Waals surface area contributed by atoms with Crippen LogP contribution in [0.3, 0.4) is 0 Å². The van der Waals surface area contributed by atoms with E-state index in [0.29, 0.717) is 11.5 Å². The van der Waals surface area contributed by atoms with E-state index in [-0.39, 0.29) is 12.6 Å². The third kappa shape index (κ3) is 6.46. The van der Waals surface area contributed by atoms with E-state index in [4.69, 9.17) is 14.2 Å². The van der Waals surface area contributed by atoms with Crippen molar-refractivity contribution in [1.29, 1.82) is 0 Å². The third-order valence-corrected chi connectivity index (χ3v) is 3.42. The normalized spacial score (nSPS) is 13.2. The van der Waals surface area contributed by atoms with E-state index < -0.39 is 24.5 Å². The molecule has 0 aromatic heterocycles. The lowest BCUT2D eigenvalue weighted by molar-refractivity contribution is -0.150. The van der Waals surface area contributed by atoms with Crippen LogP contribution in [0.2, 0.25) is 0 Å². The van der Waals surface area contributed by atoms with Gasteiger partial charge in [-0.25, -0.2) is 9.59 Å². The summed E-state index contributed by atoms with van der Waals surface area (Å²) in [5, 5.41) is 4.67. The summed E-state index contributed by atoms with van der Waals surface area (Å²) < 4.78 is 15.4. The number of carbonyl (C=O) groups excluding carboxylic acids is 3. The number of urea groups is 1. The van der Waals surface area contributed by atoms with Crippen molar-refractivity contribution in [1.82, 2.24) is 10.6 Å². The van der Waals surface area contributed by atoms with E-state index in [1.165, 1.54) is 7.11 Å². The van der Waals surface area contributed by atoms with Crippen LogP contribution >= 0.6 is 0 Å². The number of imide groups is 1. The molecule has 0 unspecified atom stereocenters. The number of rotatable bonds is 8. The average Bonchev–Trinajstić information content (AvgIpc) is 3.42. The van der Waals surface area contributed by atoms with Gasteiger partial charge in [0.05, 0.1) is 7.11 Å². The second-order valence-electron chi connectivity index (χ2n) is 5.66. The Morgan fingerprint density at radius 1 is 1.19 bits per heavy atom. The van der Waals surface area contributed by atoms with E-state index in [1.54, 1.807) is 12.1 Å². The molecule has 26 heavy (non-hydrogen) atoms. The molecule has 1 aliphatic rings. The summed E-state index contributed by atoms with van der Waals surface area (Å²) in [6.45, 7) is 0.955. The van der Waals surface area contributed by atoms with Crippen molar-refractivity contribution in [3.63, 3.8) is 0 Å². The summed E-state index contributed by atoms with van der Waals surface area (Å²) >= 11 is 0. The molecule has 1 saturated carbocycles. The van der Waals surface area contributed by atoms with Gasteiger partial charge in [-0.2, -0.15) is 0 Å². The zero-order chi connectivity index (χ0) is 18.9. The first-order valence-electron chi connectivity index (χ1n) is 8.21. The highest BCUT2D eigenvalue weighted by atomic mass is 16.6. The first-order valence-corrected chi connectivity index (χ1v) is 8.21. The van der Waals surface area contributed by atoms with Gasteiger partial charge in [0.1, 0.15) is 0 Å². The molecule has 8 nitrogen and oxygen atoms in total. The number of benzene rings is 1. The molecule has 2 rings (SSSR count). The van der Waals surface area contributed by atoms with Gasteiger partial charge in [0.2, 0.25) is 0 Å². The minimum Gasteiger partial charge on any atom is -0.493 e. The van der Waals surface area contributed by atoms with Crippen LogP contribution < -0.4 is 20.1 Å². The summed E-state index contributed by atoms with van der Waals surface area (Å²) in [5.74, 6) is -0.582. The first-order chi connectivity index (χ1) is 12.5. The molecule has 0 aliphatic heterocycles. The smallest absolute Gasteiger partial charge is 0.344 e. The number of hydrogen-bond acceptors (Lipinski definition) is 6. The Morgan fingerprint density at radius 2 is 1.96 bits per heavy atom. The molecule has 0 atom stereocenters. The van der Waals surface area contributed by atoms with Crippen molar-refractivity contribution in [3.8, 4) is 11.5 Å². The highest BCUT2D eigenvalue weighted by Gasteiger charge is 2.24. The van der Waals surface area contributed by atoms with Gasteiger partial charge in [0.15, 0.2) is 24.7 Å². The zero-order valence-corrected chi connectivity index (χ0v) is 14.7. The van der Waals surface area contributed by atoms with E-state index in [9.17, 15) is 14.4 Å². The van der Waals surface area contributed by atoms with Gasteiger partial charge in [-0.3, -0.25) is 10.1 Å². The summed E-state index contributed by atoms with van der Waals surface area (Å²) in [6, 6.07) is 4.81. The zero-order valence-electron chi connectivity index (χ0n) is 14.7.